The van der Waals surface area contributed by atoms with Gasteiger partial charge in [-0.3, -0.25) is 4.79 Å². The van der Waals surface area contributed by atoms with Crippen LogP contribution in [0.2, 0.25) is 0 Å². The molecular weight excluding hydrogens is 392 g/mol. The molecule has 0 spiro atoms. The molecule has 6 heteroatoms. The van der Waals surface area contributed by atoms with Crippen molar-refractivity contribution in [3.8, 4) is 0 Å². The largest absolute Gasteiger partial charge is 0.354 e. The first-order chi connectivity index (χ1) is 14.7. The molecule has 2 aromatic carbocycles. The summed E-state index contributed by atoms with van der Waals surface area (Å²) in [5.74, 6) is 0.928. The lowest BCUT2D eigenvalue weighted by molar-refractivity contribution is -0.125. The number of rotatable bonds is 6. The minimum atomic E-state index is -0.0223. The zero-order valence-electron chi connectivity index (χ0n) is 17.1. The van der Waals surface area contributed by atoms with Gasteiger partial charge in [0.05, 0.1) is 5.92 Å². The summed E-state index contributed by atoms with van der Waals surface area (Å²) in [5, 5.41) is 12.8. The predicted molar refractivity (Wildman–Crippen MR) is 121 cm³/mol. The highest BCUT2D eigenvalue weighted by molar-refractivity contribution is 7.99. The van der Waals surface area contributed by atoms with E-state index in [1.807, 2.05) is 42.5 Å². The lowest BCUT2D eigenvalue weighted by atomic mass is 9.97. The van der Waals surface area contributed by atoms with Gasteiger partial charge in [-0.2, -0.15) is 0 Å². The summed E-state index contributed by atoms with van der Waals surface area (Å²) in [7, 11) is 0. The van der Waals surface area contributed by atoms with Crippen LogP contribution in [0, 0.1) is 12.8 Å². The Morgan fingerprint density at radius 2 is 1.87 bits per heavy atom. The van der Waals surface area contributed by atoms with Gasteiger partial charge in [-0.25, -0.2) is 0 Å². The number of aromatic nitrogens is 2. The Morgan fingerprint density at radius 1 is 1.07 bits per heavy atom. The molecule has 1 saturated heterocycles. The number of hydrogen-bond donors (Lipinski definition) is 1. The number of hydrogen-bond acceptors (Lipinski definition) is 5. The first-order valence-corrected chi connectivity index (χ1v) is 11.1. The van der Waals surface area contributed by atoms with Crippen LogP contribution in [0.25, 0.3) is 0 Å². The normalized spacial score (nSPS) is 16.3. The van der Waals surface area contributed by atoms with Crippen molar-refractivity contribution in [2.24, 2.45) is 5.92 Å². The topological polar surface area (TPSA) is 58.1 Å². The van der Waals surface area contributed by atoms with Crippen LogP contribution in [0.15, 0.2) is 76.7 Å². The second-order valence-electron chi connectivity index (χ2n) is 7.63. The standard InChI is InChI=1S/C24H26N4OS/c1-18-9-11-21(12-10-18)30-23-14-13-22(26-27-23)28-15-5-8-20(17-28)24(29)25-16-19-6-3-2-4-7-19/h2-4,6-7,9-14,20H,5,8,15-17H2,1H3,(H,25,29)/t20-/m1/s1. The SMILES string of the molecule is Cc1ccc(Sc2ccc(N3CCC[C@@H](C(=O)NCc4ccccc4)C3)nn2)cc1. The van der Waals surface area contributed by atoms with E-state index in [0.29, 0.717) is 13.1 Å². The number of benzene rings is 2. The van der Waals surface area contributed by atoms with Gasteiger partial charge < -0.3 is 10.2 Å². The Morgan fingerprint density at radius 3 is 2.60 bits per heavy atom. The third-order valence-corrected chi connectivity index (χ3v) is 6.23. The monoisotopic (exact) mass is 418 g/mol. The van der Waals surface area contributed by atoms with E-state index in [1.165, 1.54) is 5.56 Å². The molecule has 1 N–H and O–H groups in total. The van der Waals surface area contributed by atoms with Crippen molar-refractivity contribution < 1.29 is 4.79 Å². The van der Waals surface area contributed by atoms with E-state index in [4.69, 9.17) is 0 Å². The van der Waals surface area contributed by atoms with E-state index < -0.39 is 0 Å². The summed E-state index contributed by atoms with van der Waals surface area (Å²) < 4.78 is 0. The molecule has 3 aromatic rings. The Balaban J connectivity index is 1.33. The average molecular weight is 419 g/mol. The zero-order chi connectivity index (χ0) is 20.8. The Kier molecular flexibility index (Phi) is 6.64. The highest BCUT2D eigenvalue weighted by atomic mass is 32.2. The summed E-state index contributed by atoms with van der Waals surface area (Å²) in [6.07, 6.45) is 1.89. The molecule has 1 aromatic heterocycles. The van der Waals surface area contributed by atoms with E-state index in [9.17, 15) is 4.79 Å². The van der Waals surface area contributed by atoms with E-state index in [2.05, 4.69) is 51.6 Å². The number of piperidine rings is 1. The van der Waals surface area contributed by atoms with Gasteiger partial charge in [-0.05, 0) is 49.6 Å². The Hall–Kier alpha value is -2.86. The Labute approximate surface area is 181 Å². The van der Waals surface area contributed by atoms with Crippen molar-refractivity contribution in [3.05, 3.63) is 77.9 Å². The van der Waals surface area contributed by atoms with Crippen molar-refractivity contribution >= 4 is 23.5 Å². The predicted octanol–water partition coefficient (Wildman–Crippen LogP) is 4.47. The van der Waals surface area contributed by atoms with Gasteiger partial charge >= 0.3 is 0 Å². The number of carbonyl (C=O) groups is 1. The van der Waals surface area contributed by atoms with Crippen LogP contribution in [0.4, 0.5) is 5.82 Å². The van der Waals surface area contributed by atoms with E-state index in [1.54, 1.807) is 11.8 Å². The van der Waals surface area contributed by atoms with Gasteiger partial charge in [-0.1, -0.05) is 59.8 Å². The minimum absolute atomic E-state index is 0.0223. The number of amides is 1. The molecule has 0 bridgehead atoms. The van der Waals surface area contributed by atoms with E-state index in [-0.39, 0.29) is 11.8 Å². The molecule has 1 aliphatic rings. The number of anilines is 1. The fourth-order valence-electron chi connectivity index (χ4n) is 3.59. The van der Waals surface area contributed by atoms with Crippen molar-refractivity contribution in [2.75, 3.05) is 18.0 Å². The molecule has 1 aliphatic heterocycles. The molecule has 0 radical (unpaired) electrons. The molecule has 154 valence electrons. The van der Waals surface area contributed by atoms with Crippen molar-refractivity contribution in [2.45, 2.75) is 36.2 Å². The summed E-state index contributed by atoms with van der Waals surface area (Å²) in [6.45, 7) is 4.24. The van der Waals surface area contributed by atoms with E-state index in [0.717, 1.165) is 40.7 Å². The molecule has 5 nitrogen and oxygen atoms in total. The van der Waals surface area contributed by atoms with Gasteiger partial charge in [0, 0.05) is 24.5 Å². The molecule has 0 saturated carbocycles. The molecule has 1 atom stereocenters. The Bertz CT molecular complexity index is 961. The second-order valence-corrected chi connectivity index (χ2v) is 8.73. The zero-order valence-corrected chi connectivity index (χ0v) is 17.9. The number of aryl methyl sites for hydroxylation is 1. The first-order valence-electron chi connectivity index (χ1n) is 10.3. The van der Waals surface area contributed by atoms with Gasteiger partial charge in [0.25, 0.3) is 0 Å². The maximum Gasteiger partial charge on any atom is 0.225 e. The van der Waals surface area contributed by atoms with Crippen LogP contribution in [-0.2, 0) is 11.3 Å². The van der Waals surface area contributed by atoms with Gasteiger partial charge in [-0.15, -0.1) is 10.2 Å². The fourth-order valence-corrected chi connectivity index (χ4v) is 4.32. The number of carbonyl (C=O) groups excluding carboxylic acids is 1. The van der Waals surface area contributed by atoms with Crippen molar-refractivity contribution in [3.63, 3.8) is 0 Å². The lowest BCUT2D eigenvalue weighted by Gasteiger charge is -2.32. The lowest BCUT2D eigenvalue weighted by Crippen LogP contribution is -2.43. The molecule has 0 unspecified atom stereocenters. The minimum Gasteiger partial charge on any atom is -0.354 e. The van der Waals surface area contributed by atoms with Crippen LogP contribution in [0.1, 0.15) is 24.0 Å². The van der Waals surface area contributed by atoms with Crippen molar-refractivity contribution in [1.82, 2.24) is 15.5 Å². The van der Waals surface area contributed by atoms with Crippen molar-refractivity contribution in [1.29, 1.82) is 0 Å². The van der Waals surface area contributed by atoms with Gasteiger partial charge in [0.1, 0.15) is 5.03 Å². The first kappa shape index (κ1) is 20.4. The molecular formula is C24H26N4OS. The maximum atomic E-state index is 12.7. The van der Waals surface area contributed by atoms with Crippen LogP contribution in [-0.4, -0.2) is 29.2 Å². The smallest absolute Gasteiger partial charge is 0.225 e. The molecule has 30 heavy (non-hydrogen) atoms. The third-order valence-electron chi connectivity index (χ3n) is 5.30. The molecule has 4 rings (SSSR count). The highest BCUT2D eigenvalue weighted by Gasteiger charge is 2.26. The van der Waals surface area contributed by atoms with Gasteiger partial charge in [0.2, 0.25) is 5.91 Å². The number of nitrogens with one attached hydrogen (secondary N) is 1. The summed E-state index contributed by atoms with van der Waals surface area (Å²) in [4.78, 5) is 16.0. The average Bonchev–Trinajstić information content (AvgIpc) is 2.80. The van der Waals surface area contributed by atoms with E-state index >= 15 is 0 Å². The molecule has 1 fully saturated rings. The van der Waals surface area contributed by atoms with Crippen LogP contribution < -0.4 is 10.2 Å². The molecule has 0 aliphatic carbocycles. The van der Waals surface area contributed by atoms with Crippen LogP contribution >= 0.6 is 11.8 Å². The summed E-state index contributed by atoms with van der Waals surface area (Å²) in [5.41, 5.74) is 2.36. The number of nitrogens with zero attached hydrogens (tertiary/aromatic N) is 3. The van der Waals surface area contributed by atoms with Gasteiger partial charge in [0.15, 0.2) is 5.82 Å². The van der Waals surface area contributed by atoms with Crippen LogP contribution in [0.3, 0.4) is 0 Å². The summed E-state index contributed by atoms with van der Waals surface area (Å²) in [6, 6.07) is 22.4. The highest BCUT2D eigenvalue weighted by Crippen LogP contribution is 2.27. The van der Waals surface area contributed by atoms with Crippen LogP contribution in [0.5, 0.6) is 0 Å². The second kappa shape index (κ2) is 9.76. The maximum absolute atomic E-state index is 12.7. The molecule has 2 heterocycles. The fraction of sp³-hybridized carbons (Fsp3) is 0.292. The summed E-state index contributed by atoms with van der Waals surface area (Å²) >= 11 is 1.61. The quantitative estimate of drug-likeness (QED) is 0.640. The third kappa shape index (κ3) is 5.39. The molecule has 1 amide bonds.